The highest BCUT2D eigenvalue weighted by Gasteiger charge is 2.24. The van der Waals surface area contributed by atoms with Gasteiger partial charge in [0.15, 0.2) is 5.65 Å². The van der Waals surface area contributed by atoms with Crippen LogP contribution in [0.4, 0.5) is 0 Å². The van der Waals surface area contributed by atoms with E-state index >= 15 is 0 Å². The Labute approximate surface area is 113 Å². The fourth-order valence-electron chi connectivity index (χ4n) is 2.93. The molecule has 0 bridgehead atoms. The first kappa shape index (κ1) is 12.6. The zero-order valence-corrected chi connectivity index (χ0v) is 11.4. The van der Waals surface area contributed by atoms with Crippen LogP contribution in [0.25, 0.3) is 5.65 Å². The van der Waals surface area contributed by atoms with E-state index in [1.54, 1.807) is 0 Å². The first-order valence-electron chi connectivity index (χ1n) is 7.08. The molecule has 5 heteroatoms. The van der Waals surface area contributed by atoms with Crippen LogP contribution in [-0.2, 0) is 6.54 Å². The molecule has 0 spiro atoms. The van der Waals surface area contributed by atoms with Crippen LogP contribution in [0.1, 0.15) is 37.1 Å². The summed E-state index contributed by atoms with van der Waals surface area (Å²) in [4.78, 5) is 2.49. The van der Waals surface area contributed by atoms with Crippen molar-refractivity contribution in [2.24, 2.45) is 5.73 Å². The molecular weight excluding hydrogens is 238 g/mol. The standard InChI is InChI=1S/C14H21N5/c1-2-18-8-5-11(6-9-18)13-16-17-14-12(10-15)4-3-7-19(13)14/h3-4,7,11H,2,5-6,8-10,15H2,1H3. The van der Waals surface area contributed by atoms with E-state index in [4.69, 9.17) is 5.73 Å². The third kappa shape index (κ3) is 2.24. The lowest BCUT2D eigenvalue weighted by atomic mass is 9.96. The summed E-state index contributed by atoms with van der Waals surface area (Å²) in [7, 11) is 0. The third-order valence-corrected chi connectivity index (χ3v) is 4.16. The largest absolute Gasteiger partial charge is 0.326 e. The molecule has 0 atom stereocenters. The fourth-order valence-corrected chi connectivity index (χ4v) is 2.93. The number of likely N-dealkylation sites (tertiary alicyclic amines) is 1. The van der Waals surface area contributed by atoms with E-state index < -0.39 is 0 Å². The predicted octanol–water partition coefficient (Wildman–Crippen LogP) is 1.39. The van der Waals surface area contributed by atoms with Crippen molar-refractivity contribution in [3.05, 3.63) is 29.7 Å². The number of nitrogens with two attached hydrogens (primary N) is 1. The van der Waals surface area contributed by atoms with Crippen LogP contribution in [-0.4, -0.2) is 39.1 Å². The first-order valence-corrected chi connectivity index (χ1v) is 7.08. The highest BCUT2D eigenvalue weighted by Crippen LogP contribution is 2.27. The topological polar surface area (TPSA) is 59.5 Å². The number of nitrogens with zero attached hydrogens (tertiary/aromatic N) is 4. The molecular formula is C14H21N5. The van der Waals surface area contributed by atoms with Gasteiger partial charge in [0.25, 0.3) is 0 Å². The maximum Gasteiger partial charge on any atom is 0.165 e. The molecule has 3 heterocycles. The Bertz CT molecular complexity index is 554. The minimum absolute atomic E-state index is 0.511. The van der Waals surface area contributed by atoms with Crippen molar-refractivity contribution in [1.29, 1.82) is 0 Å². The average Bonchev–Trinajstić information content (AvgIpc) is 2.91. The van der Waals surface area contributed by atoms with Crippen LogP contribution < -0.4 is 5.73 Å². The van der Waals surface area contributed by atoms with Crippen LogP contribution in [0.5, 0.6) is 0 Å². The number of piperidine rings is 1. The number of rotatable bonds is 3. The van der Waals surface area contributed by atoms with Gasteiger partial charge in [-0.3, -0.25) is 4.40 Å². The first-order chi connectivity index (χ1) is 9.33. The van der Waals surface area contributed by atoms with Crippen LogP contribution >= 0.6 is 0 Å². The van der Waals surface area contributed by atoms with E-state index in [1.807, 2.05) is 12.1 Å². The normalized spacial score (nSPS) is 18.2. The summed E-state index contributed by atoms with van der Waals surface area (Å²) in [5.74, 6) is 1.62. The monoisotopic (exact) mass is 259 g/mol. The second kappa shape index (κ2) is 5.27. The van der Waals surface area contributed by atoms with E-state index in [0.29, 0.717) is 12.5 Å². The van der Waals surface area contributed by atoms with Crippen molar-refractivity contribution in [3.63, 3.8) is 0 Å². The van der Waals surface area contributed by atoms with Crippen LogP contribution in [0.15, 0.2) is 18.3 Å². The van der Waals surface area contributed by atoms with Gasteiger partial charge in [0.1, 0.15) is 5.82 Å². The molecule has 1 aliphatic rings. The van der Waals surface area contributed by atoms with Crippen molar-refractivity contribution in [2.75, 3.05) is 19.6 Å². The third-order valence-electron chi connectivity index (χ3n) is 4.16. The molecule has 19 heavy (non-hydrogen) atoms. The maximum absolute atomic E-state index is 5.75. The molecule has 3 rings (SSSR count). The van der Waals surface area contributed by atoms with Crippen LogP contribution in [0.3, 0.4) is 0 Å². The van der Waals surface area contributed by atoms with Crippen molar-refractivity contribution >= 4 is 5.65 Å². The Morgan fingerprint density at radius 3 is 2.79 bits per heavy atom. The second-order valence-corrected chi connectivity index (χ2v) is 5.20. The number of aromatic nitrogens is 3. The molecule has 1 aliphatic heterocycles. The number of pyridine rings is 1. The predicted molar refractivity (Wildman–Crippen MR) is 75.0 cm³/mol. The summed E-state index contributed by atoms with van der Waals surface area (Å²) in [5, 5.41) is 8.74. The van der Waals surface area contributed by atoms with Gasteiger partial charge in [-0.2, -0.15) is 0 Å². The van der Waals surface area contributed by atoms with E-state index in [1.165, 1.54) is 12.8 Å². The number of fused-ring (bicyclic) bond motifs is 1. The van der Waals surface area contributed by atoms with Gasteiger partial charge in [0.2, 0.25) is 0 Å². The van der Waals surface area contributed by atoms with Gasteiger partial charge >= 0.3 is 0 Å². The molecule has 2 aromatic heterocycles. The Kier molecular flexibility index (Phi) is 3.48. The lowest BCUT2D eigenvalue weighted by Gasteiger charge is -2.30. The lowest BCUT2D eigenvalue weighted by Crippen LogP contribution is -2.33. The fraction of sp³-hybridized carbons (Fsp3) is 0.571. The average molecular weight is 259 g/mol. The molecule has 0 saturated carbocycles. The van der Waals surface area contributed by atoms with E-state index in [-0.39, 0.29) is 0 Å². The molecule has 0 aromatic carbocycles. The maximum atomic E-state index is 5.75. The molecule has 1 saturated heterocycles. The molecule has 1 fully saturated rings. The molecule has 0 amide bonds. The van der Waals surface area contributed by atoms with Gasteiger partial charge in [-0.05, 0) is 38.5 Å². The quantitative estimate of drug-likeness (QED) is 0.905. The van der Waals surface area contributed by atoms with Crippen molar-refractivity contribution in [2.45, 2.75) is 32.2 Å². The summed E-state index contributed by atoms with van der Waals surface area (Å²) < 4.78 is 2.12. The zero-order valence-electron chi connectivity index (χ0n) is 11.4. The molecule has 0 radical (unpaired) electrons. The van der Waals surface area contributed by atoms with Gasteiger partial charge in [0, 0.05) is 24.2 Å². The Hall–Kier alpha value is -1.46. The van der Waals surface area contributed by atoms with Gasteiger partial charge < -0.3 is 10.6 Å². The lowest BCUT2D eigenvalue weighted by molar-refractivity contribution is 0.218. The molecule has 102 valence electrons. The van der Waals surface area contributed by atoms with Gasteiger partial charge in [-0.15, -0.1) is 10.2 Å². The summed E-state index contributed by atoms with van der Waals surface area (Å²) >= 11 is 0. The zero-order chi connectivity index (χ0) is 13.2. The molecule has 2 N–H and O–H groups in total. The van der Waals surface area contributed by atoms with E-state index in [2.05, 4.69) is 32.6 Å². The SMILES string of the molecule is CCN1CCC(c2nnc3c(CN)cccn23)CC1. The highest BCUT2D eigenvalue weighted by molar-refractivity contribution is 5.47. The van der Waals surface area contributed by atoms with E-state index in [9.17, 15) is 0 Å². The van der Waals surface area contributed by atoms with Crippen molar-refractivity contribution in [3.8, 4) is 0 Å². The molecule has 2 aromatic rings. The summed E-state index contributed by atoms with van der Waals surface area (Å²) in [5.41, 5.74) is 7.73. The Morgan fingerprint density at radius 2 is 2.11 bits per heavy atom. The van der Waals surface area contributed by atoms with Gasteiger partial charge in [0.05, 0.1) is 0 Å². The Morgan fingerprint density at radius 1 is 1.32 bits per heavy atom. The molecule has 0 aliphatic carbocycles. The van der Waals surface area contributed by atoms with Gasteiger partial charge in [-0.1, -0.05) is 13.0 Å². The number of hydrogen-bond donors (Lipinski definition) is 1. The summed E-state index contributed by atoms with van der Waals surface area (Å²) in [6, 6.07) is 4.05. The van der Waals surface area contributed by atoms with Crippen molar-refractivity contribution < 1.29 is 0 Å². The Balaban J connectivity index is 1.90. The second-order valence-electron chi connectivity index (χ2n) is 5.20. The smallest absolute Gasteiger partial charge is 0.165 e. The van der Waals surface area contributed by atoms with Crippen molar-refractivity contribution in [1.82, 2.24) is 19.5 Å². The minimum Gasteiger partial charge on any atom is -0.326 e. The van der Waals surface area contributed by atoms with Crippen LogP contribution in [0, 0.1) is 0 Å². The van der Waals surface area contributed by atoms with E-state index in [0.717, 1.165) is 36.7 Å². The highest BCUT2D eigenvalue weighted by atomic mass is 15.3. The summed E-state index contributed by atoms with van der Waals surface area (Å²) in [6.07, 6.45) is 4.39. The minimum atomic E-state index is 0.511. The van der Waals surface area contributed by atoms with Crippen LogP contribution in [0.2, 0.25) is 0 Å². The molecule has 5 nitrogen and oxygen atoms in total. The summed E-state index contributed by atoms with van der Waals surface area (Å²) in [6.45, 7) is 6.20. The molecule has 0 unspecified atom stereocenters. The van der Waals surface area contributed by atoms with Gasteiger partial charge in [-0.25, -0.2) is 0 Å². The number of hydrogen-bond acceptors (Lipinski definition) is 4.